The normalized spacial score (nSPS) is 10.6. The maximum Gasteiger partial charge on any atom is 0.234 e. The summed E-state index contributed by atoms with van der Waals surface area (Å²) >= 11 is 13.2. The highest BCUT2D eigenvalue weighted by atomic mass is 35.5. The number of hydrogen-bond donors (Lipinski definition) is 2. The van der Waals surface area contributed by atoms with Crippen molar-refractivity contribution in [1.29, 1.82) is 0 Å². The van der Waals surface area contributed by atoms with E-state index < -0.39 is 0 Å². The van der Waals surface area contributed by atoms with E-state index >= 15 is 0 Å². The first-order valence-electron chi connectivity index (χ1n) is 5.88. The van der Waals surface area contributed by atoms with Gasteiger partial charge < -0.3 is 5.32 Å². The number of amides is 1. The van der Waals surface area contributed by atoms with Crippen LogP contribution in [-0.4, -0.2) is 26.8 Å². The molecule has 1 amide bonds. The van der Waals surface area contributed by atoms with Crippen LogP contribution in [0, 0.1) is 0 Å². The second-order valence-electron chi connectivity index (χ2n) is 3.85. The van der Waals surface area contributed by atoms with E-state index in [1.54, 1.807) is 18.2 Å². The van der Waals surface area contributed by atoms with Crippen molar-refractivity contribution in [2.45, 2.75) is 18.5 Å². The molecule has 0 atom stereocenters. The van der Waals surface area contributed by atoms with Crippen molar-refractivity contribution in [1.82, 2.24) is 15.2 Å². The third-order valence-corrected chi connectivity index (χ3v) is 3.88. The Hall–Kier alpha value is -1.24. The van der Waals surface area contributed by atoms with E-state index in [9.17, 15) is 4.79 Å². The van der Waals surface area contributed by atoms with E-state index in [0.717, 1.165) is 12.2 Å². The highest BCUT2D eigenvalue weighted by molar-refractivity contribution is 7.99. The number of anilines is 1. The molecule has 1 aromatic carbocycles. The lowest BCUT2D eigenvalue weighted by Gasteiger charge is -2.08. The van der Waals surface area contributed by atoms with Crippen LogP contribution in [0.3, 0.4) is 0 Å². The number of aromatic nitrogens is 3. The van der Waals surface area contributed by atoms with Crippen molar-refractivity contribution in [3.05, 3.63) is 34.1 Å². The molecular weight excluding hydrogens is 319 g/mol. The topological polar surface area (TPSA) is 70.7 Å². The molecule has 5 nitrogen and oxygen atoms in total. The zero-order valence-corrected chi connectivity index (χ0v) is 12.9. The predicted octanol–water partition coefficient (Wildman–Crippen LogP) is 3.40. The second-order valence-corrected chi connectivity index (χ2v) is 5.61. The molecule has 106 valence electrons. The molecule has 8 heteroatoms. The van der Waals surface area contributed by atoms with E-state index in [1.165, 1.54) is 11.8 Å². The van der Waals surface area contributed by atoms with E-state index in [4.69, 9.17) is 23.2 Å². The van der Waals surface area contributed by atoms with E-state index in [0.29, 0.717) is 20.9 Å². The Morgan fingerprint density at radius 1 is 1.40 bits per heavy atom. The number of nitrogens with one attached hydrogen (secondary N) is 2. The summed E-state index contributed by atoms with van der Waals surface area (Å²) in [7, 11) is 0. The van der Waals surface area contributed by atoms with Gasteiger partial charge >= 0.3 is 0 Å². The van der Waals surface area contributed by atoms with Crippen molar-refractivity contribution in [2.24, 2.45) is 0 Å². The Bertz CT molecular complexity index is 597. The fourth-order valence-corrected chi connectivity index (χ4v) is 2.53. The zero-order chi connectivity index (χ0) is 14.5. The van der Waals surface area contributed by atoms with Crippen LogP contribution in [0.15, 0.2) is 23.4 Å². The van der Waals surface area contributed by atoms with Gasteiger partial charge in [-0.15, -0.1) is 5.10 Å². The Morgan fingerprint density at radius 3 is 2.70 bits per heavy atom. The fourth-order valence-electron chi connectivity index (χ4n) is 1.42. The minimum atomic E-state index is -0.215. The van der Waals surface area contributed by atoms with Gasteiger partial charge in [0.2, 0.25) is 11.1 Å². The molecule has 0 spiro atoms. The van der Waals surface area contributed by atoms with Gasteiger partial charge in [0, 0.05) is 6.42 Å². The number of rotatable bonds is 5. The average molecular weight is 331 g/mol. The van der Waals surface area contributed by atoms with Crippen molar-refractivity contribution >= 4 is 46.6 Å². The Labute approximate surface area is 130 Å². The number of nitrogens with zero attached hydrogens (tertiary/aromatic N) is 2. The molecule has 0 bridgehead atoms. The van der Waals surface area contributed by atoms with Gasteiger partial charge in [-0.25, -0.2) is 4.98 Å². The molecule has 0 aliphatic heterocycles. The van der Waals surface area contributed by atoms with E-state index in [2.05, 4.69) is 20.5 Å². The maximum atomic E-state index is 11.9. The minimum absolute atomic E-state index is 0.183. The molecule has 0 aliphatic rings. The molecule has 1 aromatic heterocycles. The predicted molar refractivity (Wildman–Crippen MR) is 81.6 cm³/mol. The van der Waals surface area contributed by atoms with Crippen LogP contribution in [-0.2, 0) is 11.2 Å². The number of aromatic amines is 1. The summed E-state index contributed by atoms with van der Waals surface area (Å²) in [5.74, 6) is 0.762. The van der Waals surface area contributed by atoms with Crippen molar-refractivity contribution in [2.75, 3.05) is 11.1 Å². The quantitative estimate of drug-likeness (QED) is 0.824. The summed E-state index contributed by atoms with van der Waals surface area (Å²) in [6, 6.07) is 5.05. The van der Waals surface area contributed by atoms with Crippen LogP contribution in [0.2, 0.25) is 10.0 Å². The molecule has 0 saturated heterocycles. The molecule has 0 saturated carbocycles. The molecule has 1 heterocycles. The second kappa shape index (κ2) is 6.97. The molecule has 2 aromatic rings. The van der Waals surface area contributed by atoms with Gasteiger partial charge in [0.05, 0.1) is 21.5 Å². The van der Waals surface area contributed by atoms with Gasteiger partial charge in [0.25, 0.3) is 0 Å². The monoisotopic (exact) mass is 330 g/mol. The van der Waals surface area contributed by atoms with Crippen molar-refractivity contribution in [3.8, 4) is 0 Å². The highest BCUT2D eigenvalue weighted by Crippen LogP contribution is 2.29. The minimum Gasteiger partial charge on any atom is -0.323 e. The number of hydrogen-bond acceptors (Lipinski definition) is 4. The number of halogens is 2. The van der Waals surface area contributed by atoms with Crippen LogP contribution in [0.1, 0.15) is 12.7 Å². The van der Waals surface area contributed by atoms with Crippen LogP contribution in [0.5, 0.6) is 0 Å². The summed E-state index contributed by atoms with van der Waals surface area (Å²) in [5, 5.41) is 10.8. The standard InChI is InChI=1S/C12H12Cl2N4OS/c1-2-9-15-12(18-17-9)20-6-10(19)16-11-7(13)4-3-5-8(11)14/h3-5H,2,6H2,1H3,(H,16,19)(H,15,17,18). The summed E-state index contributed by atoms with van der Waals surface area (Å²) in [4.78, 5) is 16.1. The molecule has 0 unspecified atom stereocenters. The molecule has 0 radical (unpaired) electrons. The van der Waals surface area contributed by atoms with Gasteiger partial charge in [-0.3, -0.25) is 9.89 Å². The van der Waals surface area contributed by atoms with Crippen LogP contribution < -0.4 is 5.32 Å². The molecular formula is C12H12Cl2N4OS. The smallest absolute Gasteiger partial charge is 0.234 e. The van der Waals surface area contributed by atoms with Gasteiger partial charge in [-0.05, 0) is 12.1 Å². The third-order valence-electron chi connectivity index (χ3n) is 2.41. The van der Waals surface area contributed by atoms with Crippen molar-refractivity contribution in [3.63, 3.8) is 0 Å². The largest absolute Gasteiger partial charge is 0.323 e. The fraction of sp³-hybridized carbons (Fsp3) is 0.250. The number of H-pyrrole nitrogens is 1. The van der Waals surface area contributed by atoms with Crippen LogP contribution in [0.25, 0.3) is 0 Å². The number of carbonyl (C=O) groups excluding carboxylic acids is 1. The first-order chi connectivity index (χ1) is 9.60. The Balaban J connectivity index is 1.92. The zero-order valence-electron chi connectivity index (χ0n) is 10.6. The first kappa shape index (κ1) is 15.2. The lowest BCUT2D eigenvalue weighted by Crippen LogP contribution is -2.14. The molecule has 2 N–H and O–H groups in total. The van der Waals surface area contributed by atoms with Gasteiger partial charge in [0.1, 0.15) is 5.82 Å². The molecule has 20 heavy (non-hydrogen) atoms. The third kappa shape index (κ3) is 3.88. The summed E-state index contributed by atoms with van der Waals surface area (Å²) in [6.45, 7) is 1.97. The lowest BCUT2D eigenvalue weighted by molar-refractivity contribution is -0.113. The lowest BCUT2D eigenvalue weighted by atomic mass is 10.3. The van der Waals surface area contributed by atoms with Gasteiger partial charge in [-0.1, -0.05) is 48.0 Å². The van der Waals surface area contributed by atoms with Crippen molar-refractivity contribution < 1.29 is 4.79 Å². The number of carbonyl (C=O) groups is 1. The first-order valence-corrected chi connectivity index (χ1v) is 7.62. The Kier molecular flexibility index (Phi) is 5.28. The molecule has 2 rings (SSSR count). The maximum absolute atomic E-state index is 11.9. The SMILES string of the molecule is CCc1nc(SCC(=O)Nc2c(Cl)cccc2Cl)n[nH]1. The summed E-state index contributed by atoms with van der Waals surface area (Å²) < 4.78 is 0. The number of para-hydroxylation sites is 1. The average Bonchev–Trinajstić information content (AvgIpc) is 2.89. The van der Waals surface area contributed by atoms with Gasteiger partial charge in [-0.2, -0.15) is 0 Å². The molecule has 0 fully saturated rings. The number of benzene rings is 1. The number of aryl methyl sites for hydroxylation is 1. The number of thioether (sulfide) groups is 1. The Morgan fingerprint density at radius 2 is 2.10 bits per heavy atom. The van der Waals surface area contributed by atoms with E-state index in [1.807, 2.05) is 6.92 Å². The summed E-state index contributed by atoms with van der Waals surface area (Å²) in [5.41, 5.74) is 0.422. The van der Waals surface area contributed by atoms with E-state index in [-0.39, 0.29) is 11.7 Å². The van der Waals surface area contributed by atoms with Crippen LogP contribution >= 0.6 is 35.0 Å². The van der Waals surface area contributed by atoms with Crippen LogP contribution in [0.4, 0.5) is 5.69 Å². The summed E-state index contributed by atoms with van der Waals surface area (Å²) in [6.07, 6.45) is 0.773. The van der Waals surface area contributed by atoms with Gasteiger partial charge in [0.15, 0.2) is 0 Å². The highest BCUT2D eigenvalue weighted by Gasteiger charge is 2.11. The molecule has 0 aliphatic carbocycles.